The van der Waals surface area contributed by atoms with E-state index >= 15 is 0 Å². The van der Waals surface area contributed by atoms with E-state index in [1.165, 1.54) is 13.0 Å². The Morgan fingerprint density at radius 3 is 2.48 bits per heavy atom. The molecule has 0 amide bonds. The smallest absolute Gasteiger partial charge is 0.376 e. The molecule has 0 saturated carbocycles. The molecule has 0 bridgehead atoms. The Morgan fingerprint density at radius 1 is 1.22 bits per heavy atom. The molecule has 1 N–H and O–H groups in total. The van der Waals surface area contributed by atoms with Crippen molar-refractivity contribution in [2.75, 3.05) is 6.61 Å². The zero-order valence-electron chi connectivity index (χ0n) is 16.1. The lowest BCUT2D eigenvalue weighted by atomic mass is 10.0. The summed E-state index contributed by atoms with van der Waals surface area (Å²) in [7, 11) is -4.32. The van der Waals surface area contributed by atoms with E-state index in [9.17, 15) is 18.2 Å². The van der Waals surface area contributed by atoms with Crippen LogP contribution in [-0.2, 0) is 23.1 Å². The van der Waals surface area contributed by atoms with Crippen LogP contribution in [0.2, 0.25) is 0 Å². The number of hydrogen-bond acceptors (Lipinski definition) is 5. The van der Waals surface area contributed by atoms with Crippen LogP contribution in [0.4, 0.5) is 8.78 Å². The van der Waals surface area contributed by atoms with Crippen LogP contribution in [0.15, 0.2) is 12.1 Å². The van der Waals surface area contributed by atoms with Gasteiger partial charge in [0.15, 0.2) is 0 Å². The maximum atomic E-state index is 14.2. The van der Waals surface area contributed by atoms with Gasteiger partial charge in [0.05, 0.1) is 24.9 Å². The molecule has 0 aliphatic carbocycles. The summed E-state index contributed by atoms with van der Waals surface area (Å²) in [4.78, 5) is 9.92. The first-order valence-electron chi connectivity index (χ1n) is 8.90. The van der Waals surface area contributed by atoms with Gasteiger partial charge in [-0.05, 0) is 46.2 Å². The molecule has 1 aromatic rings. The molecule has 2 rings (SSSR count). The van der Waals surface area contributed by atoms with Crippen molar-refractivity contribution in [3.63, 3.8) is 0 Å². The third-order valence-corrected chi connectivity index (χ3v) is 5.26. The summed E-state index contributed by atoms with van der Waals surface area (Å²) in [5.41, 5.74) is 0.456. The van der Waals surface area contributed by atoms with Gasteiger partial charge in [-0.2, -0.15) is 0 Å². The summed E-state index contributed by atoms with van der Waals surface area (Å²) < 4.78 is 61.5. The lowest BCUT2D eigenvalue weighted by Gasteiger charge is -2.23. The first-order valence-corrected chi connectivity index (χ1v) is 10.4. The molecule has 1 unspecified atom stereocenters. The monoisotopic (exact) mass is 408 g/mol. The zero-order chi connectivity index (χ0) is 20.4. The van der Waals surface area contributed by atoms with Gasteiger partial charge in [0.1, 0.15) is 23.8 Å². The van der Waals surface area contributed by atoms with Gasteiger partial charge in [-0.3, -0.25) is 9.05 Å². The van der Waals surface area contributed by atoms with Crippen LogP contribution in [0, 0.1) is 18.6 Å². The van der Waals surface area contributed by atoms with Crippen LogP contribution in [0.3, 0.4) is 0 Å². The van der Waals surface area contributed by atoms with Crippen molar-refractivity contribution in [2.24, 2.45) is 0 Å². The van der Waals surface area contributed by atoms with Crippen molar-refractivity contribution in [3.8, 4) is 0 Å². The van der Waals surface area contributed by atoms with Gasteiger partial charge in [0, 0.05) is 18.1 Å². The van der Waals surface area contributed by atoms with Crippen molar-refractivity contribution < 1.29 is 36.8 Å². The van der Waals surface area contributed by atoms with Crippen molar-refractivity contribution in [1.29, 1.82) is 0 Å². The van der Waals surface area contributed by atoms with E-state index in [1.807, 2.05) is 13.8 Å². The maximum absolute atomic E-state index is 14.2. The van der Waals surface area contributed by atoms with E-state index in [0.717, 1.165) is 6.07 Å². The van der Waals surface area contributed by atoms with Crippen molar-refractivity contribution in [1.82, 2.24) is 0 Å². The van der Waals surface area contributed by atoms with Gasteiger partial charge in [-0.15, -0.1) is 0 Å². The topological polar surface area (TPSA) is 74.2 Å². The minimum absolute atomic E-state index is 0.0917. The molecule has 1 heterocycles. The SMILES string of the molecule is Cc1cc([C@H]2C[C@H](OP(=O)(O)OC(C)C)[C@@H](COC(C)C)O2)c(F)cc1F. The van der Waals surface area contributed by atoms with Crippen molar-refractivity contribution >= 4 is 7.82 Å². The van der Waals surface area contributed by atoms with Gasteiger partial charge < -0.3 is 14.4 Å². The Labute approximate surface area is 158 Å². The molecule has 6 nitrogen and oxygen atoms in total. The third-order valence-electron chi connectivity index (χ3n) is 4.03. The lowest BCUT2D eigenvalue weighted by Crippen LogP contribution is -2.30. The Bertz CT molecular complexity index is 697. The minimum atomic E-state index is -4.32. The number of halogens is 2. The average Bonchev–Trinajstić information content (AvgIpc) is 2.89. The largest absolute Gasteiger partial charge is 0.472 e. The number of benzene rings is 1. The van der Waals surface area contributed by atoms with Crippen LogP contribution < -0.4 is 0 Å². The molecule has 154 valence electrons. The van der Waals surface area contributed by atoms with Crippen molar-refractivity contribution in [3.05, 3.63) is 34.9 Å². The standard InChI is InChI=1S/C18H27F2O6P/c1-10(2)23-9-18-17(26-27(21,22)25-11(3)4)8-16(24-18)13-6-12(5)14(19)7-15(13)20/h6-7,10-11,16-18H,8-9H2,1-5H3,(H,21,22)/t16-,17+,18-/m1/s1. The molecule has 1 aliphatic heterocycles. The lowest BCUT2D eigenvalue weighted by molar-refractivity contribution is -0.0603. The highest BCUT2D eigenvalue weighted by atomic mass is 31.2. The van der Waals surface area contributed by atoms with Crippen LogP contribution in [0.1, 0.15) is 51.3 Å². The molecular weight excluding hydrogens is 381 g/mol. The van der Waals surface area contributed by atoms with Crippen LogP contribution >= 0.6 is 7.82 Å². The Balaban J connectivity index is 2.21. The van der Waals surface area contributed by atoms with E-state index in [4.69, 9.17) is 18.5 Å². The zero-order valence-corrected chi connectivity index (χ0v) is 17.0. The van der Waals surface area contributed by atoms with E-state index < -0.39 is 43.9 Å². The Kier molecular flexibility index (Phi) is 7.53. The van der Waals surface area contributed by atoms with Crippen molar-refractivity contribution in [2.45, 2.75) is 71.6 Å². The molecule has 0 spiro atoms. The molecule has 1 saturated heterocycles. The first-order chi connectivity index (χ1) is 12.5. The fraction of sp³-hybridized carbons (Fsp3) is 0.667. The highest BCUT2D eigenvalue weighted by Gasteiger charge is 2.42. The van der Waals surface area contributed by atoms with E-state index in [1.54, 1.807) is 13.8 Å². The second-order valence-corrected chi connectivity index (χ2v) is 8.53. The number of phosphoric ester groups is 1. The highest BCUT2D eigenvalue weighted by Crippen LogP contribution is 2.50. The quantitative estimate of drug-likeness (QED) is 0.641. The summed E-state index contributed by atoms with van der Waals surface area (Å²) in [5.74, 6) is -1.38. The molecule has 1 fully saturated rings. The minimum Gasteiger partial charge on any atom is -0.376 e. The van der Waals surface area contributed by atoms with E-state index in [-0.39, 0.29) is 30.3 Å². The number of phosphoric acid groups is 1. The van der Waals surface area contributed by atoms with Gasteiger partial charge in [0.2, 0.25) is 0 Å². The second-order valence-electron chi connectivity index (χ2n) is 7.17. The summed E-state index contributed by atoms with van der Waals surface area (Å²) in [6.07, 6.45) is -2.78. The summed E-state index contributed by atoms with van der Waals surface area (Å²) in [6, 6.07) is 2.18. The van der Waals surface area contributed by atoms with E-state index in [0.29, 0.717) is 0 Å². The fourth-order valence-electron chi connectivity index (χ4n) is 2.85. The summed E-state index contributed by atoms with van der Waals surface area (Å²) >= 11 is 0. The first kappa shape index (κ1) is 22.4. The molecule has 9 heteroatoms. The fourth-order valence-corrected chi connectivity index (χ4v) is 4.00. The molecule has 1 aliphatic rings. The maximum Gasteiger partial charge on any atom is 0.472 e. The average molecular weight is 408 g/mol. The van der Waals surface area contributed by atoms with Gasteiger partial charge in [-0.25, -0.2) is 13.3 Å². The molecule has 4 atom stereocenters. The number of aryl methyl sites for hydroxylation is 1. The van der Waals surface area contributed by atoms with Crippen LogP contribution in [0.5, 0.6) is 0 Å². The molecule has 1 aromatic carbocycles. The highest BCUT2D eigenvalue weighted by molar-refractivity contribution is 7.47. The Hall–Kier alpha value is -0.890. The predicted octanol–water partition coefficient (Wildman–Crippen LogP) is 4.44. The molecule has 0 radical (unpaired) electrons. The number of rotatable bonds is 8. The van der Waals surface area contributed by atoms with Crippen LogP contribution in [0.25, 0.3) is 0 Å². The second kappa shape index (κ2) is 9.07. The number of ether oxygens (including phenoxy) is 2. The summed E-state index contributed by atoms with van der Waals surface area (Å²) in [6.45, 7) is 8.52. The van der Waals surface area contributed by atoms with Gasteiger partial charge in [-0.1, -0.05) is 0 Å². The molecule has 0 aromatic heterocycles. The molecule has 27 heavy (non-hydrogen) atoms. The number of hydrogen-bond donors (Lipinski definition) is 1. The molecular formula is C18H27F2O6P. The third kappa shape index (κ3) is 6.31. The normalized spacial score (nSPS) is 25.3. The van der Waals surface area contributed by atoms with Crippen LogP contribution in [-0.4, -0.2) is 35.9 Å². The summed E-state index contributed by atoms with van der Waals surface area (Å²) in [5, 5.41) is 0. The predicted molar refractivity (Wildman–Crippen MR) is 95.3 cm³/mol. The Morgan fingerprint density at radius 2 is 1.89 bits per heavy atom. The van der Waals surface area contributed by atoms with E-state index in [2.05, 4.69) is 0 Å². The van der Waals surface area contributed by atoms with Gasteiger partial charge in [0.25, 0.3) is 0 Å². The van der Waals surface area contributed by atoms with Gasteiger partial charge >= 0.3 is 7.82 Å².